The number of aryl methyl sites for hydroxylation is 1. The van der Waals surface area contributed by atoms with Crippen LogP contribution in [0.1, 0.15) is 24.1 Å². The highest BCUT2D eigenvalue weighted by Gasteiger charge is 2.08. The van der Waals surface area contributed by atoms with Crippen LogP contribution in [0.15, 0.2) is 42.5 Å². The molecule has 2 heteroatoms. The molecule has 0 amide bonds. The van der Waals surface area contributed by atoms with E-state index in [1.54, 1.807) is 7.11 Å². The Bertz CT molecular complexity index is 563. The summed E-state index contributed by atoms with van der Waals surface area (Å²) in [6, 6.07) is 15.2. The quantitative estimate of drug-likeness (QED) is 0.893. The first-order chi connectivity index (χ1) is 9.15. The average Bonchev–Trinajstić information content (AvgIpc) is 2.46. The van der Waals surface area contributed by atoms with E-state index in [9.17, 15) is 0 Å². The van der Waals surface area contributed by atoms with Gasteiger partial charge in [-0.05, 0) is 50.2 Å². The van der Waals surface area contributed by atoms with Crippen LogP contribution < -0.4 is 10.1 Å². The fourth-order valence-corrected chi connectivity index (χ4v) is 2.19. The van der Waals surface area contributed by atoms with E-state index in [-0.39, 0.29) is 0 Å². The number of methoxy groups -OCH3 is 1. The zero-order valence-electron chi connectivity index (χ0n) is 12.0. The van der Waals surface area contributed by atoms with Crippen LogP contribution in [0.4, 0.5) is 0 Å². The van der Waals surface area contributed by atoms with Gasteiger partial charge in [0.1, 0.15) is 5.75 Å². The molecule has 0 saturated carbocycles. The maximum Gasteiger partial charge on any atom is 0.126 e. The molecule has 19 heavy (non-hydrogen) atoms. The van der Waals surface area contributed by atoms with Crippen LogP contribution in [-0.4, -0.2) is 14.2 Å². The monoisotopic (exact) mass is 255 g/mol. The SMILES string of the molecule is CNC(C)c1cccc(-c2cc(C)ccc2OC)c1. The number of ether oxygens (including phenoxy) is 1. The number of benzene rings is 2. The van der Waals surface area contributed by atoms with Crippen molar-refractivity contribution in [3.8, 4) is 16.9 Å². The van der Waals surface area contributed by atoms with Crippen molar-refractivity contribution in [3.05, 3.63) is 53.6 Å². The van der Waals surface area contributed by atoms with E-state index in [1.165, 1.54) is 16.7 Å². The molecule has 0 fully saturated rings. The fourth-order valence-electron chi connectivity index (χ4n) is 2.19. The molecule has 2 nitrogen and oxygen atoms in total. The second-order valence-electron chi connectivity index (χ2n) is 4.84. The molecule has 1 unspecified atom stereocenters. The van der Waals surface area contributed by atoms with E-state index in [4.69, 9.17) is 4.74 Å². The van der Waals surface area contributed by atoms with Crippen LogP contribution in [0.25, 0.3) is 11.1 Å². The van der Waals surface area contributed by atoms with Crippen LogP contribution in [0.2, 0.25) is 0 Å². The summed E-state index contributed by atoms with van der Waals surface area (Å²) in [7, 11) is 3.69. The van der Waals surface area contributed by atoms with E-state index in [1.807, 2.05) is 13.1 Å². The highest BCUT2D eigenvalue weighted by atomic mass is 16.5. The normalized spacial score (nSPS) is 12.2. The second kappa shape index (κ2) is 5.89. The predicted molar refractivity (Wildman–Crippen MR) is 80.6 cm³/mol. The first kappa shape index (κ1) is 13.6. The molecule has 0 heterocycles. The van der Waals surface area contributed by atoms with Gasteiger partial charge in [-0.3, -0.25) is 0 Å². The molecule has 0 aliphatic heterocycles. The Labute approximate surface area is 115 Å². The maximum atomic E-state index is 5.47. The molecular weight excluding hydrogens is 234 g/mol. The van der Waals surface area contributed by atoms with Crippen molar-refractivity contribution < 1.29 is 4.74 Å². The number of nitrogens with one attached hydrogen (secondary N) is 1. The Hall–Kier alpha value is -1.80. The van der Waals surface area contributed by atoms with E-state index in [2.05, 4.69) is 55.6 Å². The Morgan fingerprint density at radius 3 is 2.58 bits per heavy atom. The van der Waals surface area contributed by atoms with Gasteiger partial charge in [0.25, 0.3) is 0 Å². The molecule has 0 aromatic heterocycles. The number of hydrogen-bond acceptors (Lipinski definition) is 2. The molecule has 1 N–H and O–H groups in total. The topological polar surface area (TPSA) is 21.3 Å². The summed E-state index contributed by atoms with van der Waals surface area (Å²) in [6.45, 7) is 4.26. The average molecular weight is 255 g/mol. The Balaban J connectivity index is 2.49. The lowest BCUT2D eigenvalue weighted by Gasteiger charge is -2.14. The van der Waals surface area contributed by atoms with Crippen molar-refractivity contribution in [3.63, 3.8) is 0 Å². The number of hydrogen-bond donors (Lipinski definition) is 1. The molecule has 1 atom stereocenters. The first-order valence-corrected chi connectivity index (χ1v) is 6.58. The smallest absolute Gasteiger partial charge is 0.126 e. The minimum Gasteiger partial charge on any atom is -0.496 e. The van der Waals surface area contributed by atoms with E-state index in [0.717, 1.165) is 11.3 Å². The Kier molecular flexibility index (Phi) is 4.23. The van der Waals surface area contributed by atoms with Crippen molar-refractivity contribution in [1.29, 1.82) is 0 Å². The van der Waals surface area contributed by atoms with Gasteiger partial charge in [0.2, 0.25) is 0 Å². The second-order valence-corrected chi connectivity index (χ2v) is 4.84. The van der Waals surface area contributed by atoms with Gasteiger partial charge in [-0.25, -0.2) is 0 Å². The predicted octanol–water partition coefficient (Wildman–Crippen LogP) is 3.95. The lowest BCUT2D eigenvalue weighted by Crippen LogP contribution is -2.12. The lowest BCUT2D eigenvalue weighted by molar-refractivity contribution is 0.416. The van der Waals surface area contributed by atoms with Crippen molar-refractivity contribution in [2.24, 2.45) is 0 Å². The third-order valence-electron chi connectivity index (χ3n) is 3.49. The molecule has 0 aliphatic carbocycles. The largest absolute Gasteiger partial charge is 0.496 e. The molecule has 0 saturated heterocycles. The zero-order valence-corrected chi connectivity index (χ0v) is 12.0. The van der Waals surface area contributed by atoms with Gasteiger partial charge < -0.3 is 10.1 Å². The Morgan fingerprint density at radius 2 is 1.89 bits per heavy atom. The molecule has 2 aromatic carbocycles. The van der Waals surface area contributed by atoms with E-state index < -0.39 is 0 Å². The molecule has 100 valence electrons. The minimum absolute atomic E-state index is 0.343. The van der Waals surface area contributed by atoms with E-state index >= 15 is 0 Å². The third kappa shape index (κ3) is 2.96. The van der Waals surface area contributed by atoms with Gasteiger partial charge in [0, 0.05) is 11.6 Å². The molecule has 2 rings (SSSR count). The van der Waals surface area contributed by atoms with Crippen LogP contribution >= 0.6 is 0 Å². The molecule has 0 radical (unpaired) electrons. The van der Waals surface area contributed by atoms with E-state index in [0.29, 0.717) is 6.04 Å². The summed E-state index contributed by atoms with van der Waals surface area (Å²) >= 11 is 0. The van der Waals surface area contributed by atoms with Crippen LogP contribution in [-0.2, 0) is 0 Å². The summed E-state index contributed by atoms with van der Waals surface area (Å²) in [6.07, 6.45) is 0. The van der Waals surface area contributed by atoms with Gasteiger partial charge in [-0.2, -0.15) is 0 Å². The van der Waals surface area contributed by atoms with Gasteiger partial charge in [0.05, 0.1) is 7.11 Å². The van der Waals surface area contributed by atoms with Crippen molar-refractivity contribution in [1.82, 2.24) is 5.32 Å². The highest BCUT2D eigenvalue weighted by molar-refractivity contribution is 5.71. The van der Waals surface area contributed by atoms with Gasteiger partial charge in [0.15, 0.2) is 0 Å². The summed E-state index contributed by atoms with van der Waals surface area (Å²) in [5, 5.41) is 3.27. The van der Waals surface area contributed by atoms with Gasteiger partial charge in [-0.1, -0.05) is 29.8 Å². The maximum absolute atomic E-state index is 5.47. The molecule has 0 bridgehead atoms. The third-order valence-corrected chi connectivity index (χ3v) is 3.49. The lowest BCUT2D eigenvalue weighted by atomic mass is 9.98. The van der Waals surface area contributed by atoms with Crippen LogP contribution in [0, 0.1) is 6.92 Å². The zero-order chi connectivity index (χ0) is 13.8. The molecule has 0 aliphatic rings. The summed E-state index contributed by atoms with van der Waals surface area (Å²) in [5.41, 5.74) is 4.86. The van der Waals surface area contributed by atoms with Gasteiger partial charge >= 0.3 is 0 Å². The minimum atomic E-state index is 0.343. The van der Waals surface area contributed by atoms with Crippen molar-refractivity contribution in [2.75, 3.05) is 14.2 Å². The first-order valence-electron chi connectivity index (χ1n) is 6.58. The number of rotatable bonds is 4. The Morgan fingerprint density at radius 1 is 1.11 bits per heavy atom. The molecular formula is C17H21NO. The van der Waals surface area contributed by atoms with Crippen molar-refractivity contribution >= 4 is 0 Å². The highest BCUT2D eigenvalue weighted by Crippen LogP contribution is 2.32. The summed E-state index contributed by atoms with van der Waals surface area (Å²) in [4.78, 5) is 0. The van der Waals surface area contributed by atoms with Crippen LogP contribution in [0.3, 0.4) is 0 Å². The standard InChI is InChI=1S/C17H21NO/c1-12-8-9-17(19-4)16(10-12)15-7-5-6-14(11-15)13(2)18-3/h5-11,13,18H,1-4H3. The van der Waals surface area contributed by atoms with Crippen LogP contribution in [0.5, 0.6) is 5.75 Å². The fraction of sp³-hybridized carbons (Fsp3) is 0.294. The van der Waals surface area contributed by atoms with Crippen molar-refractivity contribution in [2.45, 2.75) is 19.9 Å². The molecule has 2 aromatic rings. The summed E-state index contributed by atoms with van der Waals surface area (Å²) in [5.74, 6) is 0.917. The summed E-state index contributed by atoms with van der Waals surface area (Å²) < 4.78 is 5.47. The van der Waals surface area contributed by atoms with Gasteiger partial charge in [-0.15, -0.1) is 0 Å². The molecule has 0 spiro atoms.